The van der Waals surface area contributed by atoms with Crippen LogP contribution in [0.15, 0.2) is 60.0 Å². The second-order valence-electron chi connectivity index (χ2n) is 5.70. The molecule has 6 nitrogen and oxygen atoms in total. The van der Waals surface area contributed by atoms with Crippen LogP contribution in [-0.4, -0.2) is 40.1 Å². The number of rotatable bonds is 8. The van der Waals surface area contributed by atoms with Gasteiger partial charge in [0.25, 0.3) is 0 Å². The number of thioether (sulfide) groups is 1. The molecule has 0 fully saturated rings. The number of hydrogen-bond acceptors (Lipinski definition) is 5. The van der Waals surface area contributed by atoms with Crippen molar-refractivity contribution in [3.05, 3.63) is 66.2 Å². The van der Waals surface area contributed by atoms with Gasteiger partial charge in [-0.05, 0) is 36.2 Å². The number of amides is 1. The predicted molar refractivity (Wildman–Crippen MR) is 102 cm³/mol. The van der Waals surface area contributed by atoms with Crippen LogP contribution < -0.4 is 10.1 Å². The fourth-order valence-electron chi connectivity index (χ4n) is 2.44. The highest BCUT2D eigenvalue weighted by atomic mass is 32.2. The molecule has 0 aliphatic carbocycles. The third-order valence-corrected chi connectivity index (χ3v) is 4.77. The molecule has 0 radical (unpaired) electrons. The van der Waals surface area contributed by atoms with E-state index in [4.69, 9.17) is 4.74 Å². The van der Waals surface area contributed by atoms with Crippen LogP contribution in [0.25, 0.3) is 5.69 Å². The van der Waals surface area contributed by atoms with Crippen LogP contribution in [0.5, 0.6) is 5.75 Å². The minimum Gasteiger partial charge on any atom is -0.497 e. The fourth-order valence-corrected chi connectivity index (χ4v) is 3.20. The summed E-state index contributed by atoms with van der Waals surface area (Å²) in [6, 6.07) is 13.8. The lowest BCUT2D eigenvalue weighted by Gasteiger charge is -2.08. The Bertz CT molecular complexity index is 899. The lowest BCUT2D eigenvalue weighted by molar-refractivity contribution is -0.118. The van der Waals surface area contributed by atoms with Gasteiger partial charge in [-0.3, -0.25) is 9.36 Å². The predicted octanol–water partition coefficient (Wildman–Crippen LogP) is 2.87. The average Bonchev–Trinajstić information content (AvgIpc) is 3.16. The Hall–Kier alpha value is -2.87. The second kappa shape index (κ2) is 9.18. The van der Waals surface area contributed by atoms with E-state index in [1.807, 2.05) is 24.3 Å². The molecule has 1 N–H and O–H groups in total. The number of aromatic nitrogens is 3. The molecule has 8 heteroatoms. The zero-order chi connectivity index (χ0) is 19.1. The van der Waals surface area contributed by atoms with Crippen LogP contribution in [0.3, 0.4) is 0 Å². The number of methoxy groups -OCH3 is 1. The minimum absolute atomic E-state index is 0.0951. The van der Waals surface area contributed by atoms with Crippen molar-refractivity contribution in [3.63, 3.8) is 0 Å². The first-order valence-corrected chi connectivity index (χ1v) is 9.32. The van der Waals surface area contributed by atoms with Crippen LogP contribution in [0.4, 0.5) is 4.39 Å². The average molecular weight is 386 g/mol. The topological polar surface area (TPSA) is 69.0 Å². The van der Waals surface area contributed by atoms with Gasteiger partial charge in [-0.1, -0.05) is 30.0 Å². The number of carbonyl (C=O) groups is 1. The summed E-state index contributed by atoms with van der Waals surface area (Å²) in [6.07, 6.45) is 2.25. The molecular formula is C19H19FN4O2S. The Kier molecular flexibility index (Phi) is 6.43. The van der Waals surface area contributed by atoms with E-state index in [2.05, 4.69) is 15.5 Å². The third kappa shape index (κ3) is 5.30. The molecule has 0 aliphatic rings. The second-order valence-corrected chi connectivity index (χ2v) is 6.64. The Morgan fingerprint density at radius 2 is 2.07 bits per heavy atom. The first kappa shape index (κ1) is 18.9. The maximum Gasteiger partial charge on any atom is 0.230 e. The van der Waals surface area contributed by atoms with Gasteiger partial charge in [0.15, 0.2) is 5.16 Å². The molecule has 0 saturated heterocycles. The number of carbonyl (C=O) groups excluding carboxylic acids is 1. The number of ether oxygens (including phenoxy) is 1. The summed E-state index contributed by atoms with van der Waals surface area (Å²) in [5, 5.41) is 11.5. The van der Waals surface area contributed by atoms with E-state index in [1.54, 1.807) is 30.1 Å². The molecule has 3 rings (SSSR count). The molecular weight excluding hydrogens is 367 g/mol. The minimum atomic E-state index is -0.265. The molecule has 3 aromatic rings. The van der Waals surface area contributed by atoms with Crippen molar-refractivity contribution >= 4 is 17.7 Å². The van der Waals surface area contributed by atoms with E-state index >= 15 is 0 Å². The molecule has 0 atom stereocenters. The molecule has 2 aromatic carbocycles. The van der Waals surface area contributed by atoms with Gasteiger partial charge in [-0.25, -0.2) is 4.39 Å². The molecule has 0 aliphatic heterocycles. The van der Waals surface area contributed by atoms with E-state index in [1.165, 1.54) is 23.9 Å². The summed E-state index contributed by atoms with van der Waals surface area (Å²) in [5.41, 5.74) is 1.83. The lowest BCUT2D eigenvalue weighted by Crippen LogP contribution is -2.27. The van der Waals surface area contributed by atoms with Gasteiger partial charge in [-0.2, -0.15) is 0 Å². The molecule has 1 aromatic heterocycles. The van der Waals surface area contributed by atoms with E-state index < -0.39 is 0 Å². The van der Waals surface area contributed by atoms with Crippen molar-refractivity contribution in [1.82, 2.24) is 20.1 Å². The first-order chi connectivity index (χ1) is 13.2. The van der Waals surface area contributed by atoms with Gasteiger partial charge in [-0.15, -0.1) is 10.2 Å². The van der Waals surface area contributed by atoms with Crippen molar-refractivity contribution in [3.8, 4) is 11.4 Å². The van der Waals surface area contributed by atoms with Gasteiger partial charge < -0.3 is 10.1 Å². The zero-order valence-corrected chi connectivity index (χ0v) is 15.6. The fraction of sp³-hybridized carbons (Fsp3) is 0.211. The maximum atomic E-state index is 12.9. The Morgan fingerprint density at radius 1 is 1.26 bits per heavy atom. The summed E-state index contributed by atoms with van der Waals surface area (Å²) in [5.74, 6) is 0.601. The van der Waals surface area contributed by atoms with Crippen LogP contribution in [0.2, 0.25) is 0 Å². The van der Waals surface area contributed by atoms with E-state index in [0.29, 0.717) is 18.1 Å². The summed E-state index contributed by atoms with van der Waals surface area (Å²) in [6.45, 7) is 0.494. The normalized spacial score (nSPS) is 10.6. The highest BCUT2D eigenvalue weighted by Gasteiger charge is 2.10. The maximum absolute atomic E-state index is 12.9. The van der Waals surface area contributed by atoms with E-state index in [9.17, 15) is 9.18 Å². The van der Waals surface area contributed by atoms with Gasteiger partial charge in [0.05, 0.1) is 18.6 Å². The summed E-state index contributed by atoms with van der Waals surface area (Å²) in [7, 11) is 1.61. The van der Waals surface area contributed by atoms with Crippen LogP contribution >= 0.6 is 11.8 Å². The number of nitrogens with zero attached hydrogens (tertiary/aromatic N) is 3. The van der Waals surface area contributed by atoms with Crippen LogP contribution in [0.1, 0.15) is 5.56 Å². The van der Waals surface area contributed by atoms with Crippen molar-refractivity contribution in [2.75, 3.05) is 19.4 Å². The van der Waals surface area contributed by atoms with Gasteiger partial charge in [0.2, 0.25) is 5.91 Å². The number of nitrogens with one attached hydrogen (secondary N) is 1. The Morgan fingerprint density at radius 3 is 2.85 bits per heavy atom. The van der Waals surface area contributed by atoms with E-state index in [-0.39, 0.29) is 17.5 Å². The molecule has 1 heterocycles. The molecule has 0 spiro atoms. The zero-order valence-electron chi connectivity index (χ0n) is 14.8. The Labute approximate surface area is 160 Å². The van der Waals surface area contributed by atoms with Crippen LogP contribution in [0, 0.1) is 5.82 Å². The molecule has 0 bridgehead atoms. The smallest absolute Gasteiger partial charge is 0.230 e. The monoisotopic (exact) mass is 386 g/mol. The molecule has 1 amide bonds. The highest BCUT2D eigenvalue weighted by molar-refractivity contribution is 7.99. The van der Waals surface area contributed by atoms with Crippen molar-refractivity contribution in [2.45, 2.75) is 11.6 Å². The summed E-state index contributed by atoms with van der Waals surface area (Å²) < 4.78 is 19.9. The largest absolute Gasteiger partial charge is 0.497 e. The third-order valence-electron chi connectivity index (χ3n) is 3.83. The van der Waals surface area contributed by atoms with Crippen molar-refractivity contribution in [1.29, 1.82) is 0 Å². The SMILES string of the molecule is COc1cccc(-n2cnnc2SCC(=O)NCCc2ccc(F)cc2)c1. The number of hydrogen-bond donors (Lipinski definition) is 1. The molecule has 0 unspecified atom stereocenters. The number of benzene rings is 2. The van der Waals surface area contributed by atoms with Crippen LogP contribution in [-0.2, 0) is 11.2 Å². The van der Waals surface area contributed by atoms with Gasteiger partial charge in [0.1, 0.15) is 17.9 Å². The van der Waals surface area contributed by atoms with Crippen molar-refractivity contribution in [2.24, 2.45) is 0 Å². The standard InChI is InChI=1S/C19H19FN4O2S/c1-26-17-4-2-3-16(11-17)24-13-22-23-19(24)27-12-18(25)21-10-9-14-5-7-15(20)8-6-14/h2-8,11,13H,9-10,12H2,1H3,(H,21,25). The molecule has 140 valence electrons. The van der Waals surface area contributed by atoms with Gasteiger partial charge >= 0.3 is 0 Å². The number of halogens is 1. The quantitative estimate of drug-likeness (QED) is 0.603. The first-order valence-electron chi connectivity index (χ1n) is 8.34. The molecule has 0 saturated carbocycles. The Balaban J connectivity index is 1.50. The van der Waals surface area contributed by atoms with Crippen molar-refractivity contribution < 1.29 is 13.9 Å². The van der Waals surface area contributed by atoms with Gasteiger partial charge in [0, 0.05) is 12.6 Å². The highest BCUT2D eigenvalue weighted by Crippen LogP contribution is 2.22. The van der Waals surface area contributed by atoms with E-state index in [0.717, 1.165) is 17.0 Å². The summed E-state index contributed by atoms with van der Waals surface area (Å²) in [4.78, 5) is 12.1. The molecule has 27 heavy (non-hydrogen) atoms. The summed E-state index contributed by atoms with van der Waals surface area (Å²) >= 11 is 1.31. The lowest BCUT2D eigenvalue weighted by atomic mass is 10.1.